The average molecular weight is 268 g/mol. The lowest BCUT2D eigenvalue weighted by Gasteiger charge is -2.23. The summed E-state index contributed by atoms with van der Waals surface area (Å²) in [5.74, 6) is -0.161. The number of hydrogen-bond donors (Lipinski definition) is 2. The molecular formula is C15H25FN2O. The topological polar surface area (TPSA) is 35.5 Å². The van der Waals surface area contributed by atoms with Crippen LogP contribution in [-0.2, 0) is 0 Å². The van der Waals surface area contributed by atoms with Gasteiger partial charge in [0.05, 0.1) is 6.10 Å². The van der Waals surface area contributed by atoms with Crippen LogP contribution in [0.15, 0.2) is 24.3 Å². The van der Waals surface area contributed by atoms with E-state index >= 15 is 0 Å². The smallest absolute Gasteiger partial charge is 0.127 e. The van der Waals surface area contributed by atoms with Crippen LogP contribution in [-0.4, -0.2) is 42.8 Å². The fraction of sp³-hybridized carbons (Fsp3) is 0.600. The van der Waals surface area contributed by atoms with Crippen molar-refractivity contribution in [1.82, 2.24) is 10.2 Å². The zero-order valence-corrected chi connectivity index (χ0v) is 12.1. The molecule has 0 bridgehead atoms. The van der Waals surface area contributed by atoms with Gasteiger partial charge < -0.3 is 15.3 Å². The van der Waals surface area contributed by atoms with Crippen LogP contribution in [0.4, 0.5) is 4.39 Å². The predicted octanol–water partition coefficient (Wildman–Crippen LogP) is 2.18. The minimum atomic E-state index is -0.337. The second-order valence-electron chi connectivity index (χ2n) is 5.03. The molecule has 0 radical (unpaired) electrons. The highest BCUT2D eigenvalue weighted by Crippen LogP contribution is 2.20. The molecule has 0 saturated carbocycles. The Morgan fingerprint density at radius 1 is 1.37 bits per heavy atom. The molecule has 108 valence electrons. The Morgan fingerprint density at radius 3 is 2.63 bits per heavy atom. The molecule has 1 aromatic carbocycles. The molecule has 19 heavy (non-hydrogen) atoms. The lowest BCUT2D eigenvalue weighted by atomic mass is 10.0. The third-order valence-electron chi connectivity index (χ3n) is 3.11. The maximum Gasteiger partial charge on any atom is 0.127 e. The molecule has 4 heteroatoms. The largest absolute Gasteiger partial charge is 0.392 e. The van der Waals surface area contributed by atoms with Crippen molar-refractivity contribution in [2.24, 2.45) is 0 Å². The van der Waals surface area contributed by atoms with Crippen LogP contribution in [0.5, 0.6) is 0 Å². The van der Waals surface area contributed by atoms with E-state index in [1.807, 2.05) is 26.1 Å². The van der Waals surface area contributed by atoms with E-state index in [9.17, 15) is 9.50 Å². The SMILES string of the molecule is CCNC(CCN(C)CC(C)O)c1ccccc1F. The first kappa shape index (κ1) is 16.1. The Morgan fingerprint density at radius 2 is 2.05 bits per heavy atom. The minimum absolute atomic E-state index is 0.0163. The van der Waals surface area contributed by atoms with Gasteiger partial charge in [-0.3, -0.25) is 0 Å². The van der Waals surface area contributed by atoms with Gasteiger partial charge in [0, 0.05) is 18.2 Å². The van der Waals surface area contributed by atoms with E-state index < -0.39 is 0 Å². The second-order valence-corrected chi connectivity index (χ2v) is 5.03. The van der Waals surface area contributed by atoms with E-state index in [1.165, 1.54) is 6.07 Å². The van der Waals surface area contributed by atoms with Gasteiger partial charge in [0.15, 0.2) is 0 Å². The number of hydrogen-bond acceptors (Lipinski definition) is 3. The van der Waals surface area contributed by atoms with E-state index in [0.717, 1.165) is 25.1 Å². The van der Waals surface area contributed by atoms with Crippen molar-refractivity contribution in [3.63, 3.8) is 0 Å². The monoisotopic (exact) mass is 268 g/mol. The number of halogens is 1. The number of aliphatic hydroxyl groups is 1. The maximum absolute atomic E-state index is 13.8. The number of rotatable bonds is 8. The molecule has 0 fully saturated rings. The van der Waals surface area contributed by atoms with Crippen LogP contribution in [0.25, 0.3) is 0 Å². The summed E-state index contributed by atoms with van der Waals surface area (Å²) in [5.41, 5.74) is 0.717. The molecule has 0 aliphatic rings. The first-order chi connectivity index (χ1) is 9.04. The van der Waals surface area contributed by atoms with Crippen molar-refractivity contribution in [3.05, 3.63) is 35.6 Å². The normalized spacial score (nSPS) is 14.6. The summed E-state index contributed by atoms with van der Waals surface area (Å²) in [4.78, 5) is 2.07. The Bertz CT molecular complexity index is 371. The number of nitrogens with zero attached hydrogens (tertiary/aromatic N) is 1. The Kier molecular flexibility index (Phi) is 6.99. The second kappa shape index (κ2) is 8.25. The molecular weight excluding hydrogens is 243 g/mol. The number of nitrogens with one attached hydrogen (secondary N) is 1. The lowest BCUT2D eigenvalue weighted by molar-refractivity contribution is 0.139. The Labute approximate surface area is 115 Å². The first-order valence-electron chi connectivity index (χ1n) is 6.89. The van der Waals surface area contributed by atoms with E-state index in [2.05, 4.69) is 10.2 Å². The molecule has 0 spiro atoms. The Balaban J connectivity index is 2.61. The van der Waals surface area contributed by atoms with Gasteiger partial charge in [-0.2, -0.15) is 0 Å². The van der Waals surface area contributed by atoms with Gasteiger partial charge >= 0.3 is 0 Å². The summed E-state index contributed by atoms with van der Waals surface area (Å²) in [6, 6.07) is 6.92. The van der Waals surface area contributed by atoms with Crippen LogP contribution < -0.4 is 5.32 Å². The third kappa shape index (κ3) is 5.68. The van der Waals surface area contributed by atoms with Crippen molar-refractivity contribution in [2.45, 2.75) is 32.4 Å². The highest BCUT2D eigenvalue weighted by Gasteiger charge is 2.15. The van der Waals surface area contributed by atoms with E-state index in [4.69, 9.17) is 0 Å². The Hall–Kier alpha value is -0.970. The lowest BCUT2D eigenvalue weighted by Crippen LogP contribution is -2.31. The molecule has 2 unspecified atom stereocenters. The average Bonchev–Trinajstić information content (AvgIpc) is 2.34. The van der Waals surface area contributed by atoms with E-state index in [-0.39, 0.29) is 18.0 Å². The van der Waals surface area contributed by atoms with Crippen molar-refractivity contribution in [2.75, 3.05) is 26.7 Å². The molecule has 0 amide bonds. The van der Waals surface area contributed by atoms with Crippen LogP contribution >= 0.6 is 0 Å². The maximum atomic E-state index is 13.8. The van der Waals surface area contributed by atoms with Crippen LogP contribution in [0.2, 0.25) is 0 Å². The van der Waals surface area contributed by atoms with E-state index in [0.29, 0.717) is 6.54 Å². The zero-order chi connectivity index (χ0) is 14.3. The minimum Gasteiger partial charge on any atom is -0.392 e. The molecule has 0 heterocycles. The molecule has 1 aromatic rings. The molecule has 0 aliphatic heterocycles. The predicted molar refractivity (Wildman–Crippen MR) is 76.6 cm³/mol. The zero-order valence-electron chi connectivity index (χ0n) is 12.1. The van der Waals surface area contributed by atoms with Gasteiger partial charge in [0.2, 0.25) is 0 Å². The van der Waals surface area contributed by atoms with Crippen molar-refractivity contribution in [3.8, 4) is 0 Å². The van der Waals surface area contributed by atoms with Crippen LogP contribution in [0.3, 0.4) is 0 Å². The molecule has 1 rings (SSSR count). The highest BCUT2D eigenvalue weighted by molar-refractivity contribution is 5.21. The molecule has 0 aromatic heterocycles. The summed E-state index contributed by atoms with van der Waals surface area (Å²) in [6.45, 7) is 6.05. The van der Waals surface area contributed by atoms with Gasteiger partial charge in [0.1, 0.15) is 5.82 Å². The number of likely N-dealkylation sites (N-methyl/N-ethyl adjacent to an activating group) is 1. The van der Waals surface area contributed by atoms with Crippen LogP contribution in [0, 0.1) is 5.82 Å². The van der Waals surface area contributed by atoms with Gasteiger partial charge in [-0.15, -0.1) is 0 Å². The molecule has 3 nitrogen and oxygen atoms in total. The number of aliphatic hydroxyl groups excluding tert-OH is 1. The summed E-state index contributed by atoms with van der Waals surface area (Å²) in [5, 5.41) is 12.7. The quantitative estimate of drug-likeness (QED) is 0.758. The fourth-order valence-corrected chi connectivity index (χ4v) is 2.26. The van der Waals surface area contributed by atoms with Crippen molar-refractivity contribution >= 4 is 0 Å². The molecule has 0 saturated heterocycles. The van der Waals surface area contributed by atoms with Gasteiger partial charge in [-0.25, -0.2) is 4.39 Å². The van der Waals surface area contributed by atoms with Gasteiger partial charge in [0.25, 0.3) is 0 Å². The van der Waals surface area contributed by atoms with E-state index in [1.54, 1.807) is 13.0 Å². The molecule has 2 atom stereocenters. The van der Waals surface area contributed by atoms with Gasteiger partial charge in [-0.1, -0.05) is 25.1 Å². The van der Waals surface area contributed by atoms with Crippen molar-refractivity contribution < 1.29 is 9.50 Å². The summed E-state index contributed by atoms with van der Waals surface area (Å²) < 4.78 is 13.8. The first-order valence-corrected chi connectivity index (χ1v) is 6.89. The highest BCUT2D eigenvalue weighted by atomic mass is 19.1. The number of benzene rings is 1. The third-order valence-corrected chi connectivity index (χ3v) is 3.11. The van der Waals surface area contributed by atoms with Crippen LogP contribution in [0.1, 0.15) is 31.9 Å². The van der Waals surface area contributed by atoms with Gasteiger partial charge in [-0.05, 0) is 39.5 Å². The summed E-state index contributed by atoms with van der Waals surface area (Å²) in [7, 11) is 1.97. The summed E-state index contributed by atoms with van der Waals surface area (Å²) in [6.07, 6.45) is 0.480. The fourth-order valence-electron chi connectivity index (χ4n) is 2.26. The standard InChI is InChI=1S/C15H25FN2O/c1-4-17-15(9-10-18(3)11-12(2)19)13-7-5-6-8-14(13)16/h5-8,12,15,17,19H,4,9-11H2,1-3H3. The summed E-state index contributed by atoms with van der Waals surface area (Å²) >= 11 is 0. The molecule has 2 N–H and O–H groups in total. The molecule has 0 aliphatic carbocycles. The van der Waals surface area contributed by atoms with Crippen molar-refractivity contribution in [1.29, 1.82) is 0 Å².